The van der Waals surface area contributed by atoms with Crippen LogP contribution in [-0.4, -0.2) is 55.9 Å². The Balaban J connectivity index is 2.03. The van der Waals surface area contributed by atoms with Crippen molar-refractivity contribution < 1.29 is 14.3 Å². The minimum atomic E-state index is -0.274. The molecule has 16 heavy (non-hydrogen) atoms. The molecule has 0 bridgehead atoms. The van der Waals surface area contributed by atoms with Crippen LogP contribution in [0.25, 0.3) is 0 Å². The summed E-state index contributed by atoms with van der Waals surface area (Å²) in [5, 5.41) is 0. The van der Waals surface area contributed by atoms with Gasteiger partial charge in [-0.2, -0.15) is 0 Å². The SMILES string of the molecule is CO[C@H]1CCN(CC(N)=O)C[C@@]12CCCO2. The maximum atomic E-state index is 10.9. The van der Waals surface area contributed by atoms with Crippen LogP contribution in [0.4, 0.5) is 0 Å². The van der Waals surface area contributed by atoms with Crippen LogP contribution in [0.2, 0.25) is 0 Å². The molecule has 2 N–H and O–H groups in total. The number of hydrogen-bond acceptors (Lipinski definition) is 4. The van der Waals surface area contributed by atoms with E-state index in [1.165, 1.54) is 0 Å². The Labute approximate surface area is 95.9 Å². The van der Waals surface area contributed by atoms with Gasteiger partial charge in [0.25, 0.3) is 0 Å². The molecule has 0 aliphatic carbocycles. The standard InChI is InChI=1S/C11H20N2O3/c1-15-9-3-5-13(7-10(12)14)8-11(9)4-2-6-16-11/h9H,2-8H2,1H3,(H2,12,14)/t9-,11-/m0/s1. The lowest BCUT2D eigenvalue weighted by molar-refractivity contribution is -0.147. The van der Waals surface area contributed by atoms with Crippen molar-refractivity contribution in [2.45, 2.75) is 31.0 Å². The molecule has 0 saturated carbocycles. The normalized spacial score (nSPS) is 35.7. The lowest BCUT2D eigenvalue weighted by atomic mass is 9.87. The number of piperidine rings is 1. The Kier molecular flexibility index (Phi) is 3.47. The number of amides is 1. The van der Waals surface area contributed by atoms with Gasteiger partial charge in [-0.3, -0.25) is 9.69 Å². The molecule has 2 rings (SSSR count). The Morgan fingerprint density at radius 1 is 1.69 bits per heavy atom. The lowest BCUT2D eigenvalue weighted by Crippen LogP contribution is -2.58. The van der Waals surface area contributed by atoms with Gasteiger partial charge >= 0.3 is 0 Å². The molecule has 0 aromatic rings. The molecule has 0 aromatic heterocycles. The van der Waals surface area contributed by atoms with Gasteiger partial charge < -0.3 is 15.2 Å². The van der Waals surface area contributed by atoms with E-state index in [1.807, 2.05) is 0 Å². The zero-order valence-electron chi connectivity index (χ0n) is 9.78. The van der Waals surface area contributed by atoms with Gasteiger partial charge in [0.1, 0.15) is 5.60 Å². The van der Waals surface area contributed by atoms with Crippen molar-refractivity contribution >= 4 is 5.91 Å². The third-order valence-corrected chi connectivity index (χ3v) is 3.58. The number of methoxy groups -OCH3 is 1. The van der Waals surface area contributed by atoms with E-state index in [0.29, 0.717) is 6.54 Å². The second-order valence-electron chi connectivity index (χ2n) is 4.71. The van der Waals surface area contributed by atoms with Gasteiger partial charge in [0, 0.05) is 26.8 Å². The second-order valence-corrected chi connectivity index (χ2v) is 4.71. The van der Waals surface area contributed by atoms with E-state index in [2.05, 4.69) is 4.90 Å². The number of primary amides is 1. The van der Waals surface area contributed by atoms with Crippen LogP contribution < -0.4 is 5.73 Å². The van der Waals surface area contributed by atoms with Crippen LogP contribution in [-0.2, 0) is 14.3 Å². The number of nitrogens with zero attached hydrogens (tertiary/aromatic N) is 1. The van der Waals surface area contributed by atoms with E-state index in [0.717, 1.165) is 39.0 Å². The smallest absolute Gasteiger partial charge is 0.231 e. The van der Waals surface area contributed by atoms with Crippen LogP contribution in [0.3, 0.4) is 0 Å². The van der Waals surface area contributed by atoms with Crippen molar-refractivity contribution in [1.29, 1.82) is 0 Å². The highest BCUT2D eigenvalue weighted by molar-refractivity contribution is 5.75. The molecular formula is C11H20N2O3. The minimum absolute atomic E-state index is 0.152. The van der Waals surface area contributed by atoms with Crippen LogP contribution >= 0.6 is 0 Å². The molecule has 92 valence electrons. The van der Waals surface area contributed by atoms with E-state index >= 15 is 0 Å². The predicted octanol–water partition coefficient (Wildman–Crippen LogP) is -0.258. The topological polar surface area (TPSA) is 64.8 Å². The molecule has 2 saturated heterocycles. The summed E-state index contributed by atoms with van der Waals surface area (Å²) in [6.07, 6.45) is 3.15. The van der Waals surface area contributed by atoms with Crippen molar-refractivity contribution in [3.63, 3.8) is 0 Å². The van der Waals surface area contributed by atoms with Gasteiger partial charge in [0.15, 0.2) is 0 Å². The summed E-state index contributed by atoms with van der Waals surface area (Å²) in [5.41, 5.74) is 5.02. The summed E-state index contributed by atoms with van der Waals surface area (Å²) in [4.78, 5) is 13.0. The molecule has 2 atom stereocenters. The van der Waals surface area contributed by atoms with Crippen LogP contribution in [0.15, 0.2) is 0 Å². The molecule has 2 heterocycles. The van der Waals surface area contributed by atoms with Crippen molar-refractivity contribution in [3.8, 4) is 0 Å². The Morgan fingerprint density at radius 2 is 2.50 bits per heavy atom. The van der Waals surface area contributed by atoms with Gasteiger partial charge in [-0.05, 0) is 19.3 Å². The fraction of sp³-hybridized carbons (Fsp3) is 0.909. The van der Waals surface area contributed by atoms with Gasteiger partial charge in [0.05, 0.1) is 12.6 Å². The first-order valence-electron chi connectivity index (χ1n) is 5.84. The molecule has 1 amide bonds. The van der Waals surface area contributed by atoms with Crippen molar-refractivity contribution in [2.75, 3.05) is 33.4 Å². The Morgan fingerprint density at radius 3 is 3.06 bits per heavy atom. The molecule has 0 unspecified atom stereocenters. The van der Waals surface area contributed by atoms with E-state index in [4.69, 9.17) is 15.2 Å². The first kappa shape index (κ1) is 11.8. The largest absolute Gasteiger partial charge is 0.378 e. The van der Waals surface area contributed by atoms with E-state index in [1.54, 1.807) is 7.11 Å². The average Bonchev–Trinajstić information content (AvgIpc) is 2.66. The number of nitrogens with two attached hydrogens (primary N) is 1. The van der Waals surface area contributed by atoms with Gasteiger partial charge in [-0.1, -0.05) is 0 Å². The quantitative estimate of drug-likeness (QED) is 0.723. The maximum Gasteiger partial charge on any atom is 0.231 e. The third-order valence-electron chi connectivity index (χ3n) is 3.58. The van der Waals surface area contributed by atoms with E-state index in [-0.39, 0.29) is 17.6 Å². The lowest BCUT2D eigenvalue weighted by Gasteiger charge is -2.44. The Bertz CT molecular complexity index is 264. The summed E-state index contributed by atoms with van der Waals surface area (Å²) in [6.45, 7) is 2.73. The molecule has 2 aliphatic rings. The molecular weight excluding hydrogens is 208 g/mol. The number of carbonyl (C=O) groups excluding carboxylic acids is 1. The maximum absolute atomic E-state index is 10.9. The van der Waals surface area contributed by atoms with Crippen molar-refractivity contribution in [3.05, 3.63) is 0 Å². The average molecular weight is 228 g/mol. The van der Waals surface area contributed by atoms with Crippen molar-refractivity contribution in [2.24, 2.45) is 5.73 Å². The summed E-state index contributed by atoms with van der Waals surface area (Å²) in [5.74, 6) is -0.274. The zero-order valence-corrected chi connectivity index (χ0v) is 9.78. The monoisotopic (exact) mass is 228 g/mol. The number of carbonyl (C=O) groups is 1. The van der Waals surface area contributed by atoms with Gasteiger partial charge in [0.2, 0.25) is 5.91 Å². The Hall–Kier alpha value is -0.650. The fourth-order valence-electron chi connectivity index (χ4n) is 2.91. The number of likely N-dealkylation sites (tertiary alicyclic amines) is 1. The van der Waals surface area contributed by atoms with Gasteiger partial charge in [-0.15, -0.1) is 0 Å². The molecule has 5 nitrogen and oxygen atoms in total. The highest BCUT2D eigenvalue weighted by Crippen LogP contribution is 2.36. The first-order chi connectivity index (χ1) is 7.66. The van der Waals surface area contributed by atoms with Crippen molar-refractivity contribution in [1.82, 2.24) is 4.90 Å². The number of rotatable bonds is 3. The molecule has 2 aliphatic heterocycles. The molecule has 1 spiro atoms. The highest BCUT2D eigenvalue weighted by atomic mass is 16.5. The fourth-order valence-corrected chi connectivity index (χ4v) is 2.91. The second kappa shape index (κ2) is 4.69. The summed E-state index contributed by atoms with van der Waals surface area (Å²) >= 11 is 0. The van der Waals surface area contributed by atoms with Crippen LogP contribution in [0.1, 0.15) is 19.3 Å². The summed E-state index contributed by atoms with van der Waals surface area (Å²) in [6, 6.07) is 0. The molecule has 0 radical (unpaired) electrons. The number of hydrogen-bond donors (Lipinski definition) is 1. The van der Waals surface area contributed by atoms with Crippen LogP contribution in [0, 0.1) is 0 Å². The first-order valence-corrected chi connectivity index (χ1v) is 5.84. The molecule has 5 heteroatoms. The number of ether oxygens (including phenoxy) is 2. The van der Waals surface area contributed by atoms with E-state index in [9.17, 15) is 4.79 Å². The highest BCUT2D eigenvalue weighted by Gasteiger charge is 2.47. The predicted molar refractivity (Wildman–Crippen MR) is 59.0 cm³/mol. The summed E-state index contributed by atoms with van der Waals surface area (Å²) < 4.78 is 11.4. The van der Waals surface area contributed by atoms with Gasteiger partial charge in [-0.25, -0.2) is 0 Å². The summed E-state index contributed by atoms with van der Waals surface area (Å²) in [7, 11) is 1.73. The molecule has 2 fully saturated rings. The van der Waals surface area contributed by atoms with E-state index < -0.39 is 0 Å². The van der Waals surface area contributed by atoms with Crippen LogP contribution in [0.5, 0.6) is 0 Å². The molecule has 0 aromatic carbocycles. The zero-order chi connectivity index (χ0) is 11.6. The third kappa shape index (κ3) is 2.21. The minimum Gasteiger partial charge on any atom is -0.378 e.